The van der Waals surface area contributed by atoms with Crippen LogP contribution in [0.5, 0.6) is 0 Å². The highest BCUT2D eigenvalue weighted by Crippen LogP contribution is 2.11. The van der Waals surface area contributed by atoms with Crippen LogP contribution in [0.4, 0.5) is 5.69 Å². The number of amides is 1. The number of benzene rings is 1. The Morgan fingerprint density at radius 1 is 1.28 bits per heavy atom. The van der Waals surface area contributed by atoms with Crippen molar-refractivity contribution < 1.29 is 14.3 Å². The fourth-order valence-electron chi connectivity index (χ4n) is 1.28. The van der Waals surface area contributed by atoms with Crippen LogP contribution in [0.15, 0.2) is 24.3 Å². The summed E-state index contributed by atoms with van der Waals surface area (Å²) in [6.07, 6.45) is 1.86. The van der Waals surface area contributed by atoms with Crippen molar-refractivity contribution in [3.8, 4) is 0 Å². The first-order valence-electron chi connectivity index (χ1n) is 5.80. The number of hydrogen-bond acceptors (Lipinski definition) is 3. The van der Waals surface area contributed by atoms with Gasteiger partial charge in [0.1, 0.15) is 0 Å². The van der Waals surface area contributed by atoms with E-state index < -0.39 is 0 Å². The third-order valence-corrected chi connectivity index (χ3v) is 2.77. The van der Waals surface area contributed by atoms with Gasteiger partial charge >= 0.3 is 5.97 Å². The zero-order chi connectivity index (χ0) is 13.4. The van der Waals surface area contributed by atoms with E-state index in [1.54, 1.807) is 24.3 Å². The van der Waals surface area contributed by atoms with Crippen molar-refractivity contribution in [3.63, 3.8) is 0 Å². The smallest absolute Gasteiger partial charge is 0.338 e. The van der Waals surface area contributed by atoms with Gasteiger partial charge in [0, 0.05) is 5.69 Å². The molecule has 0 atom stereocenters. The molecule has 0 bridgehead atoms. The second-order valence-corrected chi connectivity index (χ2v) is 4.31. The predicted octanol–water partition coefficient (Wildman–Crippen LogP) is 2.98. The largest absolute Gasteiger partial charge is 0.462 e. The van der Waals surface area contributed by atoms with Gasteiger partial charge in [0.05, 0.1) is 17.5 Å². The van der Waals surface area contributed by atoms with E-state index in [9.17, 15) is 9.59 Å². The van der Waals surface area contributed by atoms with Crippen molar-refractivity contribution in [2.45, 2.75) is 19.8 Å². The van der Waals surface area contributed by atoms with Gasteiger partial charge in [-0.2, -0.15) is 0 Å². The van der Waals surface area contributed by atoms with Crippen LogP contribution >= 0.6 is 15.9 Å². The van der Waals surface area contributed by atoms with Crippen LogP contribution in [0.2, 0.25) is 0 Å². The van der Waals surface area contributed by atoms with Crippen molar-refractivity contribution in [2.24, 2.45) is 0 Å². The normalized spacial score (nSPS) is 9.89. The van der Waals surface area contributed by atoms with Crippen molar-refractivity contribution in [1.82, 2.24) is 0 Å². The average molecular weight is 314 g/mol. The van der Waals surface area contributed by atoms with Gasteiger partial charge in [0.25, 0.3) is 0 Å². The van der Waals surface area contributed by atoms with Crippen molar-refractivity contribution in [1.29, 1.82) is 0 Å². The molecule has 0 saturated heterocycles. The van der Waals surface area contributed by atoms with E-state index in [-0.39, 0.29) is 17.2 Å². The van der Waals surface area contributed by atoms with Gasteiger partial charge < -0.3 is 10.1 Å². The number of anilines is 1. The Balaban J connectivity index is 2.54. The Morgan fingerprint density at radius 2 is 1.94 bits per heavy atom. The van der Waals surface area contributed by atoms with Gasteiger partial charge in [-0.15, -0.1) is 0 Å². The molecular formula is C13H16BrNO3. The predicted molar refractivity (Wildman–Crippen MR) is 74.1 cm³/mol. The van der Waals surface area contributed by atoms with E-state index in [0.717, 1.165) is 12.8 Å². The maximum absolute atomic E-state index is 11.6. The van der Waals surface area contributed by atoms with Crippen molar-refractivity contribution in [3.05, 3.63) is 29.8 Å². The summed E-state index contributed by atoms with van der Waals surface area (Å²) in [7, 11) is 0. The Bertz CT molecular complexity index is 403. The molecule has 0 fully saturated rings. The summed E-state index contributed by atoms with van der Waals surface area (Å²) in [5.41, 5.74) is 1.15. The van der Waals surface area contributed by atoms with Crippen LogP contribution in [0.25, 0.3) is 0 Å². The van der Waals surface area contributed by atoms with Gasteiger partial charge in [-0.3, -0.25) is 4.79 Å². The zero-order valence-corrected chi connectivity index (χ0v) is 11.8. The second-order valence-electron chi connectivity index (χ2n) is 3.75. The Morgan fingerprint density at radius 3 is 2.50 bits per heavy atom. The van der Waals surface area contributed by atoms with Crippen LogP contribution < -0.4 is 5.32 Å². The third kappa shape index (κ3) is 4.87. The van der Waals surface area contributed by atoms with Crippen LogP contribution in [0.1, 0.15) is 30.1 Å². The SMILES string of the molecule is CCCCOC(=O)c1ccc(NC(=O)CBr)cc1. The molecule has 5 heteroatoms. The molecule has 0 heterocycles. The first kappa shape index (κ1) is 14.7. The third-order valence-electron chi connectivity index (χ3n) is 2.26. The molecule has 1 aromatic rings. The number of carbonyl (C=O) groups is 2. The lowest BCUT2D eigenvalue weighted by molar-refractivity contribution is -0.113. The minimum absolute atomic E-state index is 0.131. The van der Waals surface area contributed by atoms with E-state index in [0.29, 0.717) is 17.9 Å². The fraction of sp³-hybridized carbons (Fsp3) is 0.385. The first-order valence-corrected chi connectivity index (χ1v) is 6.92. The molecule has 0 saturated carbocycles. The molecule has 18 heavy (non-hydrogen) atoms. The highest BCUT2D eigenvalue weighted by molar-refractivity contribution is 9.09. The highest BCUT2D eigenvalue weighted by Gasteiger charge is 2.07. The molecule has 1 rings (SSSR count). The van der Waals surface area contributed by atoms with Gasteiger partial charge in [-0.05, 0) is 30.7 Å². The molecule has 1 amide bonds. The summed E-state index contributed by atoms with van der Waals surface area (Å²) in [4.78, 5) is 22.7. The lowest BCUT2D eigenvalue weighted by Crippen LogP contribution is -2.12. The van der Waals surface area contributed by atoms with Crippen LogP contribution in [0.3, 0.4) is 0 Å². The van der Waals surface area contributed by atoms with E-state index in [2.05, 4.69) is 21.2 Å². The van der Waals surface area contributed by atoms with Gasteiger partial charge in [0.15, 0.2) is 0 Å². The molecule has 0 spiro atoms. The molecule has 0 radical (unpaired) electrons. The number of hydrogen-bond donors (Lipinski definition) is 1. The number of carbonyl (C=O) groups excluding carboxylic acids is 2. The number of esters is 1. The highest BCUT2D eigenvalue weighted by atomic mass is 79.9. The van der Waals surface area contributed by atoms with Crippen molar-refractivity contribution >= 4 is 33.5 Å². The number of rotatable bonds is 6. The Hall–Kier alpha value is -1.36. The van der Waals surface area contributed by atoms with Gasteiger partial charge in [-0.1, -0.05) is 29.3 Å². The zero-order valence-electron chi connectivity index (χ0n) is 10.2. The molecule has 1 aromatic carbocycles. The monoisotopic (exact) mass is 313 g/mol. The molecule has 0 aromatic heterocycles. The maximum atomic E-state index is 11.6. The number of alkyl halides is 1. The minimum Gasteiger partial charge on any atom is -0.462 e. The standard InChI is InChI=1S/C13H16BrNO3/c1-2-3-8-18-13(17)10-4-6-11(7-5-10)15-12(16)9-14/h4-7H,2-3,8-9H2,1H3,(H,15,16). The number of halogens is 1. The topological polar surface area (TPSA) is 55.4 Å². The lowest BCUT2D eigenvalue weighted by Gasteiger charge is -2.06. The van der Waals surface area contributed by atoms with E-state index in [1.165, 1.54) is 0 Å². The summed E-state index contributed by atoms with van der Waals surface area (Å²) in [5, 5.41) is 2.92. The molecule has 98 valence electrons. The van der Waals surface area contributed by atoms with Crippen LogP contribution in [-0.4, -0.2) is 23.8 Å². The maximum Gasteiger partial charge on any atom is 0.338 e. The summed E-state index contributed by atoms with van der Waals surface area (Å²) >= 11 is 3.06. The first-order chi connectivity index (χ1) is 8.67. The van der Waals surface area contributed by atoms with Crippen molar-refractivity contribution in [2.75, 3.05) is 17.3 Å². The number of unbranched alkanes of at least 4 members (excludes halogenated alkanes) is 1. The Kier molecular flexibility index (Phi) is 6.43. The van der Waals surface area contributed by atoms with Crippen LogP contribution in [0, 0.1) is 0 Å². The molecule has 0 aliphatic carbocycles. The summed E-state index contributed by atoms with van der Waals surface area (Å²) in [6, 6.07) is 6.63. The van der Waals surface area contributed by atoms with E-state index >= 15 is 0 Å². The number of ether oxygens (including phenoxy) is 1. The molecule has 0 aliphatic heterocycles. The molecule has 4 nitrogen and oxygen atoms in total. The Labute approximate surface area is 115 Å². The molecular weight excluding hydrogens is 298 g/mol. The van der Waals surface area contributed by atoms with E-state index in [4.69, 9.17) is 4.74 Å². The molecule has 1 N–H and O–H groups in total. The lowest BCUT2D eigenvalue weighted by atomic mass is 10.2. The second kappa shape index (κ2) is 7.87. The summed E-state index contributed by atoms with van der Waals surface area (Å²) in [6.45, 7) is 2.48. The quantitative estimate of drug-likeness (QED) is 0.499. The van der Waals surface area contributed by atoms with E-state index in [1.807, 2.05) is 6.92 Å². The fourth-order valence-corrected chi connectivity index (χ4v) is 1.42. The van der Waals surface area contributed by atoms with Gasteiger partial charge in [-0.25, -0.2) is 4.79 Å². The molecule has 0 aliphatic rings. The average Bonchev–Trinajstić information content (AvgIpc) is 2.39. The van der Waals surface area contributed by atoms with Crippen LogP contribution in [-0.2, 0) is 9.53 Å². The molecule has 0 unspecified atom stereocenters. The summed E-state index contributed by atoms with van der Waals surface area (Å²) in [5.74, 6) is -0.463. The van der Waals surface area contributed by atoms with Gasteiger partial charge in [0.2, 0.25) is 5.91 Å². The summed E-state index contributed by atoms with van der Waals surface area (Å²) < 4.78 is 5.08. The number of nitrogens with one attached hydrogen (secondary N) is 1. The minimum atomic E-state index is -0.332.